The zero-order valence-electron chi connectivity index (χ0n) is 9.82. The monoisotopic (exact) mass is 240 g/mol. The summed E-state index contributed by atoms with van der Waals surface area (Å²) in [5.41, 5.74) is 9.15. The molecular weight excluding hydrogens is 228 g/mol. The predicted octanol–water partition coefficient (Wildman–Crippen LogP) is 1.81. The van der Waals surface area contributed by atoms with Gasteiger partial charge in [-0.15, -0.1) is 0 Å². The van der Waals surface area contributed by atoms with E-state index in [2.05, 4.69) is 15.2 Å². The number of pyridine rings is 1. The number of anilines is 1. The molecule has 2 aromatic heterocycles. The number of hydrogen-bond acceptors (Lipinski definition) is 3. The molecule has 3 rings (SSSR count). The average molecular weight is 240 g/mol. The van der Waals surface area contributed by atoms with Gasteiger partial charge >= 0.3 is 0 Å². The van der Waals surface area contributed by atoms with Gasteiger partial charge in [0.2, 0.25) is 5.56 Å². The maximum atomic E-state index is 11.5. The Kier molecular flexibility index (Phi) is 2.19. The van der Waals surface area contributed by atoms with Crippen LogP contribution in [-0.2, 0) is 0 Å². The van der Waals surface area contributed by atoms with Crippen molar-refractivity contribution in [3.8, 4) is 11.1 Å². The SMILES string of the molecule is Cc1cc(-c2ccc3c(N)n[nH]c3c2)cc(=O)[nH]1. The van der Waals surface area contributed by atoms with E-state index in [1.54, 1.807) is 6.07 Å². The molecular formula is C13H12N4O. The minimum atomic E-state index is -0.103. The molecule has 0 aliphatic heterocycles. The molecule has 0 amide bonds. The van der Waals surface area contributed by atoms with Crippen molar-refractivity contribution in [1.82, 2.24) is 15.2 Å². The maximum absolute atomic E-state index is 11.5. The quantitative estimate of drug-likeness (QED) is 0.606. The van der Waals surface area contributed by atoms with E-state index in [1.807, 2.05) is 31.2 Å². The number of hydrogen-bond donors (Lipinski definition) is 3. The van der Waals surface area contributed by atoms with E-state index in [9.17, 15) is 4.79 Å². The van der Waals surface area contributed by atoms with E-state index in [4.69, 9.17) is 5.73 Å². The zero-order chi connectivity index (χ0) is 12.7. The summed E-state index contributed by atoms with van der Waals surface area (Å²) in [4.78, 5) is 14.2. The highest BCUT2D eigenvalue weighted by Gasteiger charge is 2.05. The van der Waals surface area contributed by atoms with Gasteiger partial charge in [0.1, 0.15) is 0 Å². The topological polar surface area (TPSA) is 87.6 Å². The zero-order valence-corrected chi connectivity index (χ0v) is 9.82. The van der Waals surface area contributed by atoms with Gasteiger partial charge in [0.15, 0.2) is 5.82 Å². The molecule has 4 N–H and O–H groups in total. The molecule has 18 heavy (non-hydrogen) atoms. The summed E-state index contributed by atoms with van der Waals surface area (Å²) < 4.78 is 0. The van der Waals surface area contributed by atoms with Gasteiger partial charge in [-0.05, 0) is 36.2 Å². The van der Waals surface area contributed by atoms with Gasteiger partial charge in [0.05, 0.1) is 5.52 Å². The molecule has 90 valence electrons. The summed E-state index contributed by atoms with van der Waals surface area (Å²) in [5, 5.41) is 7.71. The highest BCUT2D eigenvalue weighted by Crippen LogP contribution is 2.25. The van der Waals surface area contributed by atoms with Crippen LogP contribution in [0.5, 0.6) is 0 Å². The van der Waals surface area contributed by atoms with Crippen LogP contribution in [0.25, 0.3) is 22.0 Å². The summed E-state index contributed by atoms with van der Waals surface area (Å²) in [6.07, 6.45) is 0. The minimum absolute atomic E-state index is 0.103. The Morgan fingerprint density at radius 3 is 2.78 bits per heavy atom. The molecule has 0 saturated carbocycles. The first-order chi connectivity index (χ1) is 8.63. The number of aryl methyl sites for hydroxylation is 1. The van der Waals surface area contributed by atoms with Crippen molar-refractivity contribution in [2.24, 2.45) is 0 Å². The summed E-state index contributed by atoms with van der Waals surface area (Å²) in [6.45, 7) is 1.86. The summed E-state index contributed by atoms with van der Waals surface area (Å²) in [7, 11) is 0. The van der Waals surface area contributed by atoms with Crippen LogP contribution in [0.2, 0.25) is 0 Å². The maximum Gasteiger partial charge on any atom is 0.248 e. The third-order valence-corrected chi connectivity index (χ3v) is 2.90. The number of rotatable bonds is 1. The molecule has 0 fully saturated rings. The Balaban J connectivity index is 2.22. The van der Waals surface area contributed by atoms with Gasteiger partial charge in [-0.25, -0.2) is 0 Å². The van der Waals surface area contributed by atoms with Crippen molar-refractivity contribution in [2.45, 2.75) is 6.92 Å². The third kappa shape index (κ3) is 1.66. The molecule has 0 spiro atoms. The first kappa shape index (κ1) is 10.6. The second kappa shape index (κ2) is 3.73. The number of nitrogen functional groups attached to an aromatic ring is 1. The highest BCUT2D eigenvalue weighted by molar-refractivity contribution is 5.91. The molecule has 1 aromatic carbocycles. The van der Waals surface area contributed by atoms with Crippen LogP contribution in [0, 0.1) is 6.92 Å². The standard InChI is InChI=1S/C13H12N4O/c1-7-4-9(6-12(18)15-7)8-2-3-10-11(5-8)16-17-13(10)14/h2-6H,1H3,(H,15,18)(H3,14,16,17). The molecule has 5 heteroatoms. The molecule has 0 radical (unpaired) electrons. The van der Waals surface area contributed by atoms with Crippen LogP contribution in [-0.4, -0.2) is 15.2 Å². The number of nitrogens with zero attached hydrogens (tertiary/aromatic N) is 1. The van der Waals surface area contributed by atoms with Gasteiger partial charge in [0, 0.05) is 17.1 Å². The first-order valence-corrected chi connectivity index (χ1v) is 5.58. The molecule has 5 nitrogen and oxygen atoms in total. The fourth-order valence-corrected chi connectivity index (χ4v) is 2.07. The Bertz CT molecular complexity index is 785. The van der Waals surface area contributed by atoms with Gasteiger partial charge in [0.25, 0.3) is 0 Å². The van der Waals surface area contributed by atoms with Gasteiger partial charge in [-0.2, -0.15) is 5.10 Å². The van der Waals surface area contributed by atoms with E-state index in [1.165, 1.54) is 0 Å². The summed E-state index contributed by atoms with van der Waals surface area (Å²) >= 11 is 0. The molecule has 0 bridgehead atoms. The van der Waals surface area contributed by atoms with Crippen molar-refractivity contribution in [3.05, 3.63) is 46.4 Å². The number of fused-ring (bicyclic) bond motifs is 1. The number of H-pyrrole nitrogens is 2. The van der Waals surface area contributed by atoms with E-state index >= 15 is 0 Å². The van der Waals surface area contributed by atoms with Gasteiger partial charge in [-0.3, -0.25) is 9.89 Å². The van der Waals surface area contributed by atoms with Crippen molar-refractivity contribution in [3.63, 3.8) is 0 Å². The van der Waals surface area contributed by atoms with Crippen LogP contribution in [0.1, 0.15) is 5.69 Å². The molecule has 2 heterocycles. The average Bonchev–Trinajstić information content (AvgIpc) is 2.69. The summed E-state index contributed by atoms with van der Waals surface area (Å²) in [5.74, 6) is 0.485. The predicted molar refractivity (Wildman–Crippen MR) is 71.3 cm³/mol. The number of aromatic nitrogens is 3. The van der Waals surface area contributed by atoms with E-state index in [0.29, 0.717) is 5.82 Å². The highest BCUT2D eigenvalue weighted by atomic mass is 16.1. The fraction of sp³-hybridized carbons (Fsp3) is 0.0769. The Labute approximate surface area is 103 Å². The lowest BCUT2D eigenvalue weighted by Gasteiger charge is -2.02. The number of benzene rings is 1. The van der Waals surface area contributed by atoms with Crippen LogP contribution in [0.15, 0.2) is 35.1 Å². The second-order valence-corrected chi connectivity index (χ2v) is 4.29. The molecule has 0 aliphatic rings. The minimum Gasteiger partial charge on any atom is -0.382 e. The molecule has 0 atom stereocenters. The molecule has 0 saturated heterocycles. The first-order valence-electron chi connectivity index (χ1n) is 5.58. The van der Waals surface area contributed by atoms with Crippen LogP contribution in [0.3, 0.4) is 0 Å². The number of nitrogens with two attached hydrogens (primary N) is 1. The van der Waals surface area contributed by atoms with Crippen molar-refractivity contribution in [2.75, 3.05) is 5.73 Å². The largest absolute Gasteiger partial charge is 0.382 e. The fourth-order valence-electron chi connectivity index (χ4n) is 2.07. The van der Waals surface area contributed by atoms with Crippen molar-refractivity contribution in [1.29, 1.82) is 0 Å². The molecule has 0 unspecified atom stereocenters. The lowest BCUT2D eigenvalue weighted by Crippen LogP contribution is -2.05. The second-order valence-electron chi connectivity index (χ2n) is 4.29. The number of nitrogens with one attached hydrogen (secondary N) is 2. The third-order valence-electron chi connectivity index (χ3n) is 2.90. The molecule has 3 aromatic rings. The van der Waals surface area contributed by atoms with Crippen LogP contribution >= 0.6 is 0 Å². The van der Waals surface area contributed by atoms with Gasteiger partial charge < -0.3 is 10.7 Å². The Morgan fingerprint density at radius 2 is 2.00 bits per heavy atom. The van der Waals surface area contributed by atoms with E-state index in [0.717, 1.165) is 27.7 Å². The van der Waals surface area contributed by atoms with Crippen LogP contribution in [0.4, 0.5) is 5.82 Å². The lowest BCUT2D eigenvalue weighted by atomic mass is 10.0. The van der Waals surface area contributed by atoms with Gasteiger partial charge in [-0.1, -0.05) is 6.07 Å². The Morgan fingerprint density at radius 1 is 1.17 bits per heavy atom. The smallest absolute Gasteiger partial charge is 0.248 e. The van der Waals surface area contributed by atoms with Crippen LogP contribution < -0.4 is 11.3 Å². The molecule has 0 aliphatic carbocycles. The summed E-state index contributed by atoms with van der Waals surface area (Å²) in [6, 6.07) is 9.28. The Hall–Kier alpha value is -2.56. The normalized spacial score (nSPS) is 10.9. The van der Waals surface area contributed by atoms with Crippen molar-refractivity contribution < 1.29 is 0 Å². The lowest BCUT2D eigenvalue weighted by molar-refractivity contribution is 1.13. The number of aromatic amines is 2. The van der Waals surface area contributed by atoms with E-state index in [-0.39, 0.29) is 5.56 Å². The van der Waals surface area contributed by atoms with E-state index < -0.39 is 0 Å². The van der Waals surface area contributed by atoms with Crippen molar-refractivity contribution >= 4 is 16.7 Å².